The van der Waals surface area contributed by atoms with Gasteiger partial charge in [0.2, 0.25) is 0 Å². The SMILES string of the molecule is Cc1ccc(CC2=NC3(CCCCC3)N=C(N)N2)cc1. The predicted octanol–water partition coefficient (Wildman–Crippen LogP) is 2.51. The van der Waals surface area contributed by atoms with E-state index in [1.54, 1.807) is 0 Å². The number of rotatable bonds is 2. The zero-order valence-electron chi connectivity index (χ0n) is 12.0. The number of hydrogen-bond donors (Lipinski definition) is 2. The Morgan fingerprint density at radius 2 is 1.80 bits per heavy atom. The lowest BCUT2D eigenvalue weighted by Gasteiger charge is -2.34. The average Bonchev–Trinajstić information content (AvgIpc) is 2.41. The van der Waals surface area contributed by atoms with Gasteiger partial charge < -0.3 is 11.1 Å². The second kappa shape index (κ2) is 5.27. The van der Waals surface area contributed by atoms with Crippen LogP contribution in [0.25, 0.3) is 0 Å². The van der Waals surface area contributed by atoms with Crippen molar-refractivity contribution in [3.8, 4) is 0 Å². The fraction of sp³-hybridized carbons (Fsp3) is 0.500. The molecule has 0 atom stereocenters. The minimum absolute atomic E-state index is 0.284. The summed E-state index contributed by atoms with van der Waals surface area (Å²) in [5, 5.41) is 3.13. The Bertz CT molecular complexity index is 536. The number of nitrogens with zero attached hydrogens (tertiary/aromatic N) is 2. The zero-order chi connectivity index (χ0) is 14.0. The zero-order valence-corrected chi connectivity index (χ0v) is 12.0. The van der Waals surface area contributed by atoms with Crippen LogP contribution in [0.1, 0.15) is 43.2 Å². The molecule has 4 nitrogen and oxygen atoms in total. The molecule has 1 aliphatic heterocycles. The van der Waals surface area contributed by atoms with Crippen molar-refractivity contribution < 1.29 is 0 Å². The summed E-state index contributed by atoms with van der Waals surface area (Å²) in [6.07, 6.45) is 6.50. The lowest BCUT2D eigenvalue weighted by Crippen LogP contribution is -2.47. The molecule has 0 amide bonds. The third kappa shape index (κ3) is 2.84. The summed E-state index contributed by atoms with van der Waals surface area (Å²) in [7, 11) is 0. The van der Waals surface area contributed by atoms with E-state index in [1.807, 2.05) is 0 Å². The molecule has 0 aromatic heterocycles. The second-order valence-electron chi connectivity index (χ2n) is 5.89. The largest absolute Gasteiger partial charge is 0.370 e. The number of benzene rings is 1. The highest BCUT2D eigenvalue weighted by Crippen LogP contribution is 2.34. The van der Waals surface area contributed by atoms with E-state index in [2.05, 4.69) is 41.5 Å². The van der Waals surface area contributed by atoms with E-state index >= 15 is 0 Å². The van der Waals surface area contributed by atoms with Gasteiger partial charge in [-0.25, -0.2) is 9.98 Å². The first-order valence-corrected chi connectivity index (χ1v) is 7.42. The number of amidine groups is 1. The molecule has 1 aromatic carbocycles. The highest BCUT2D eigenvalue weighted by Gasteiger charge is 2.34. The van der Waals surface area contributed by atoms with Crippen LogP contribution in [0.15, 0.2) is 34.3 Å². The molecule has 106 valence electrons. The summed E-state index contributed by atoms with van der Waals surface area (Å²) < 4.78 is 0. The van der Waals surface area contributed by atoms with E-state index in [0.717, 1.165) is 25.1 Å². The Morgan fingerprint density at radius 1 is 1.10 bits per heavy atom. The Hall–Kier alpha value is -1.84. The molecule has 20 heavy (non-hydrogen) atoms. The minimum Gasteiger partial charge on any atom is -0.370 e. The summed E-state index contributed by atoms with van der Waals surface area (Å²) in [6.45, 7) is 2.10. The van der Waals surface area contributed by atoms with Crippen LogP contribution in [0.2, 0.25) is 0 Å². The molecule has 0 bridgehead atoms. The van der Waals surface area contributed by atoms with E-state index in [0.29, 0.717) is 5.96 Å². The summed E-state index contributed by atoms with van der Waals surface area (Å²) in [6, 6.07) is 8.56. The van der Waals surface area contributed by atoms with Crippen molar-refractivity contribution in [3.05, 3.63) is 35.4 Å². The molecule has 1 fully saturated rings. The third-order valence-corrected chi connectivity index (χ3v) is 4.09. The quantitative estimate of drug-likeness (QED) is 0.867. The van der Waals surface area contributed by atoms with Crippen LogP contribution in [-0.4, -0.2) is 17.5 Å². The first kappa shape index (κ1) is 13.2. The topological polar surface area (TPSA) is 62.8 Å². The van der Waals surface area contributed by atoms with E-state index in [4.69, 9.17) is 10.7 Å². The molecule has 0 unspecified atom stereocenters. The van der Waals surface area contributed by atoms with Crippen LogP contribution in [-0.2, 0) is 6.42 Å². The highest BCUT2D eigenvalue weighted by molar-refractivity contribution is 6.01. The van der Waals surface area contributed by atoms with Gasteiger partial charge in [0.25, 0.3) is 0 Å². The van der Waals surface area contributed by atoms with Crippen molar-refractivity contribution in [1.82, 2.24) is 5.32 Å². The molecule has 1 spiro atoms. The van der Waals surface area contributed by atoms with E-state index in [-0.39, 0.29) is 5.66 Å². The summed E-state index contributed by atoms with van der Waals surface area (Å²) in [5.41, 5.74) is 8.21. The van der Waals surface area contributed by atoms with E-state index < -0.39 is 0 Å². The van der Waals surface area contributed by atoms with Gasteiger partial charge in [0.05, 0.1) is 0 Å². The van der Waals surface area contributed by atoms with Gasteiger partial charge in [-0.05, 0) is 38.2 Å². The van der Waals surface area contributed by atoms with Gasteiger partial charge in [0.15, 0.2) is 11.6 Å². The van der Waals surface area contributed by atoms with Crippen molar-refractivity contribution in [2.45, 2.75) is 51.1 Å². The molecule has 1 heterocycles. The molecule has 1 aromatic rings. The molecule has 1 saturated carbocycles. The first-order chi connectivity index (χ1) is 9.65. The number of nitrogens with two attached hydrogens (primary N) is 1. The maximum atomic E-state index is 5.97. The Balaban J connectivity index is 1.80. The number of guanidine groups is 1. The predicted molar refractivity (Wildman–Crippen MR) is 82.9 cm³/mol. The molecule has 3 N–H and O–H groups in total. The molecule has 0 saturated heterocycles. The molecular weight excluding hydrogens is 248 g/mol. The van der Waals surface area contributed by atoms with E-state index in [1.165, 1.54) is 30.4 Å². The second-order valence-corrected chi connectivity index (χ2v) is 5.89. The fourth-order valence-electron chi connectivity index (χ4n) is 3.03. The summed E-state index contributed by atoms with van der Waals surface area (Å²) in [5.74, 6) is 1.47. The van der Waals surface area contributed by atoms with E-state index in [9.17, 15) is 0 Å². The smallest absolute Gasteiger partial charge is 0.196 e. The van der Waals surface area contributed by atoms with Gasteiger partial charge in [0.1, 0.15) is 5.84 Å². The first-order valence-electron chi connectivity index (χ1n) is 7.42. The van der Waals surface area contributed by atoms with Gasteiger partial charge in [0, 0.05) is 6.42 Å². The van der Waals surface area contributed by atoms with Crippen LogP contribution in [0, 0.1) is 6.92 Å². The fourth-order valence-corrected chi connectivity index (χ4v) is 3.03. The van der Waals surface area contributed by atoms with Crippen LogP contribution < -0.4 is 11.1 Å². The Labute approximate surface area is 120 Å². The van der Waals surface area contributed by atoms with Crippen molar-refractivity contribution in [1.29, 1.82) is 0 Å². The number of hydrogen-bond acceptors (Lipinski definition) is 4. The molecule has 1 aliphatic carbocycles. The van der Waals surface area contributed by atoms with Crippen LogP contribution in [0.3, 0.4) is 0 Å². The van der Waals surface area contributed by atoms with Crippen molar-refractivity contribution >= 4 is 11.8 Å². The normalized spacial score (nSPS) is 21.1. The number of nitrogens with one attached hydrogen (secondary N) is 1. The molecule has 3 rings (SSSR count). The third-order valence-electron chi connectivity index (χ3n) is 4.09. The summed E-state index contributed by atoms with van der Waals surface area (Å²) in [4.78, 5) is 9.45. The number of aliphatic imine (C=N–C) groups is 2. The van der Waals surface area contributed by atoms with Crippen molar-refractivity contribution in [2.75, 3.05) is 0 Å². The van der Waals surface area contributed by atoms with Crippen LogP contribution in [0.5, 0.6) is 0 Å². The van der Waals surface area contributed by atoms with Gasteiger partial charge in [-0.2, -0.15) is 0 Å². The maximum Gasteiger partial charge on any atom is 0.196 e. The molecule has 4 heteroatoms. The molecule has 0 radical (unpaired) electrons. The maximum absolute atomic E-state index is 5.97. The van der Waals surface area contributed by atoms with Gasteiger partial charge in [-0.1, -0.05) is 36.2 Å². The Kier molecular flexibility index (Phi) is 3.47. The van der Waals surface area contributed by atoms with Crippen molar-refractivity contribution in [2.24, 2.45) is 15.7 Å². The summed E-state index contributed by atoms with van der Waals surface area (Å²) >= 11 is 0. The van der Waals surface area contributed by atoms with Gasteiger partial charge >= 0.3 is 0 Å². The standard InChI is InChI=1S/C16H22N4/c1-12-5-7-13(8-6-12)11-14-18-15(17)20-16(19-14)9-3-2-4-10-16/h5-8H,2-4,9-11H2,1H3,(H3,17,18,19,20). The monoisotopic (exact) mass is 270 g/mol. The lowest BCUT2D eigenvalue weighted by molar-refractivity contribution is 0.306. The van der Waals surface area contributed by atoms with Gasteiger partial charge in [-0.3, -0.25) is 0 Å². The highest BCUT2D eigenvalue weighted by atomic mass is 15.3. The van der Waals surface area contributed by atoms with Crippen LogP contribution >= 0.6 is 0 Å². The molecule has 2 aliphatic rings. The average molecular weight is 270 g/mol. The lowest BCUT2D eigenvalue weighted by atomic mass is 9.89. The van der Waals surface area contributed by atoms with Crippen LogP contribution in [0.4, 0.5) is 0 Å². The minimum atomic E-state index is -0.284. The number of aryl methyl sites for hydroxylation is 1. The Morgan fingerprint density at radius 3 is 2.50 bits per heavy atom. The van der Waals surface area contributed by atoms with Gasteiger partial charge in [-0.15, -0.1) is 0 Å². The van der Waals surface area contributed by atoms with Crippen molar-refractivity contribution in [3.63, 3.8) is 0 Å². The molecular formula is C16H22N4.